The first kappa shape index (κ1) is 25.8. The molecule has 2 amide bonds. The molecule has 168 valence electrons. The summed E-state index contributed by atoms with van der Waals surface area (Å²) in [4.78, 5) is 36.9. The predicted molar refractivity (Wildman–Crippen MR) is 113 cm³/mol. The van der Waals surface area contributed by atoms with Crippen LogP contribution in [0.5, 0.6) is 0 Å². The monoisotopic (exact) mass is 440 g/mol. The van der Waals surface area contributed by atoms with Crippen LogP contribution in [-0.2, 0) is 19.4 Å². The Morgan fingerprint density at radius 1 is 1.20 bits per heavy atom. The van der Waals surface area contributed by atoms with E-state index in [2.05, 4.69) is 5.32 Å². The lowest BCUT2D eigenvalue weighted by Gasteiger charge is -2.32. The summed E-state index contributed by atoms with van der Waals surface area (Å²) in [6.45, 7) is 7.24. The van der Waals surface area contributed by atoms with Crippen LogP contribution in [0.3, 0.4) is 0 Å². The number of ketones is 1. The van der Waals surface area contributed by atoms with E-state index in [4.69, 9.17) is 0 Å². The molecule has 0 aliphatic carbocycles. The Labute approximate surface area is 178 Å². The van der Waals surface area contributed by atoms with Crippen molar-refractivity contribution in [1.82, 2.24) is 10.4 Å². The highest BCUT2D eigenvalue weighted by Crippen LogP contribution is 2.24. The molecule has 0 bridgehead atoms. The zero-order valence-corrected chi connectivity index (χ0v) is 19.0. The SMILES string of the molecule is CCCCC(CN(O)C=O)C(=O)NC(C(=O)c1ccc(S(C)(=O)=O)cc1)C(C)(C)C. The van der Waals surface area contributed by atoms with Crippen molar-refractivity contribution in [2.24, 2.45) is 11.3 Å². The summed E-state index contributed by atoms with van der Waals surface area (Å²) in [6, 6.07) is 4.71. The second kappa shape index (κ2) is 10.7. The molecule has 0 aliphatic heterocycles. The Kier molecular flexibility index (Phi) is 9.17. The van der Waals surface area contributed by atoms with Gasteiger partial charge in [-0.1, -0.05) is 52.7 Å². The number of amides is 2. The van der Waals surface area contributed by atoms with Gasteiger partial charge in [-0.2, -0.15) is 0 Å². The highest BCUT2D eigenvalue weighted by atomic mass is 32.2. The quantitative estimate of drug-likeness (QED) is 0.236. The van der Waals surface area contributed by atoms with Crippen LogP contribution < -0.4 is 5.32 Å². The fraction of sp³-hybridized carbons (Fsp3) is 0.571. The van der Waals surface area contributed by atoms with Gasteiger partial charge >= 0.3 is 0 Å². The second-order valence-electron chi connectivity index (χ2n) is 8.54. The van der Waals surface area contributed by atoms with Gasteiger partial charge in [0.15, 0.2) is 15.6 Å². The standard InChI is InChI=1S/C21H32N2O6S/c1-6-7-8-16(13-23(27)14-24)20(26)22-19(21(2,3)4)18(25)15-9-11-17(12-10-15)30(5,28)29/h9-12,14,16,19,27H,6-8,13H2,1-5H3,(H,22,26). The van der Waals surface area contributed by atoms with Crippen molar-refractivity contribution in [2.75, 3.05) is 12.8 Å². The maximum Gasteiger partial charge on any atom is 0.233 e. The van der Waals surface area contributed by atoms with Crippen LogP contribution in [-0.4, -0.2) is 55.6 Å². The number of hydrogen-bond donors (Lipinski definition) is 2. The van der Waals surface area contributed by atoms with Crippen LogP contribution in [0.25, 0.3) is 0 Å². The molecule has 9 heteroatoms. The van der Waals surface area contributed by atoms with Crippen molar-refractivity contribution in [3.05, 3.63) is 29.8 Å². The third kappa shape index (κ3) is 7.53. The predicted octanol–water partition coefficient (Wildman–Crippen LogP) is 2.46. The van der Waals surface area contributed by atoms with Crippen LogP contribution in [0.15, 0.2) is 29.2 Å². The van der Waals surface area contributed by atoms with Crippen LogP contribution in [0.4, 0.5) is 0 Å². The Balaban J connectivity index is 3.12. The molecule has 0 fully saturated rings. The molecule has 30 heavy (non-hydrogen) atoms. The van der Waals surface area contributed by atoms with Gasteiger partial charge in [-0.15, -0.1) is 0 Å². The third-order valence-electron chi connectivity index (χ3n) is 4.79. The minimum Gasteiger partial charge on any atom is -0.345 e. The molecule has 1 aromatic carbocycles. The van der Waals surface area contributed by atoms with Gasteiger partial charge in [0, 0.05) is 11.8 Å². The summed E-state index contributed by atoms with van der Waals surface area (Å²) >= 11 is 0. The van der Waals surface area contributed by atoms with E-state index in [0.29, 0.717) is 11.5 Å². The van der Waals surface area contributed by atoms with Gasteiger partial charge in [-0.25, -0.2) is 13.5 Å². The topological polar surface area (TPSA) is 121 Å². The van der Waals surface area contributed by atoms with Crippen molar-refractivity contribution in [3.63, 3.8) is 0 Å². The number of carbonyl (C=O) groups is 3. The van der Waals surface area contributed by atoms with Crippen LogP contribution in [0.1, 0.15) is 57.3 Å². The minimum absolute atomic E-state index is 0.104. The molecule has 0 aromatic heterocycles. The Hall–Kier alpha value is -2.26. The average Bonchev–Trinajstić information content (AvgIpc) is 2.66. The number of carbonyl (C=O) groups excluding carboxylic acids is 3. The molecule has 2 N–H and O–H groups in total. The van der Waals surface area contributed by atoms with Gasteiger partial charge in [-0.3, -0.25) is 19.6 Å². The molecular weight excluding hydrogens is 408 g/mol. The summed E-state index contributed by atoms with van der Waals surface area (Å²) in [7, 11) is -3.39. The maximum atomic E-state index is 13.1. The lowest BCUT2D eigenvalue weighted by atomic mass is 9.81. The minimum atomic E-state index is -3.39. The number of nitrogens with one attached hydrogen (secondary N) is 1. The van der Waals surface area contributed by atoms with E-state index < -0.39 is 33.1 Å². The molecule has 2 unspecified atom stereocenters. The van der Waals surface area contributed by atoms with Crippen LogP contribution in [0.2, 0.25) is 0 Å². The Morgan fingerprint density at radius 3 is 2.20 bits per heavy atom. The molecule has 0 heterocycles. The normalized spacial score (nSPS) is 13.9. The maximum absolute atomic E-state index is 13.1. The van der Waals surface area contributed by atoms with Gasteiger partial charge < -0.3 is 5.32 Å². The first-order valence-electron chi connectivity index (χ1n) is 9.86. The Bertz CT molecular complexity index is 843. The average molecular weight is 441 g/mol. The lowest BCUT2D eigenvalue weighted by Crippen LogP contribution is -2.52. The van der Waals surface area contributed by atoms with E-state index in [9.17, 15) is 28.0 Å². The summed E-state index contributed by atoms with van der Waals surface area (Å²) < 4.78 is 23.3. The smallest absolute Gasteiger partial charge is 0.233 e. The van der Waals surface area contributed by atoms with Gasteiger partial charge in [0.05, 0.1) is 23.4 Å². The van der Waals surface area contributed by atoms with Crippen molar-refractivity contribution < 1.29 is 28.0 Å². The first-order chi connectivity index (χ1) is 13.8. The van der Waals surface area contributed by atoms with E-state index in [0.717, 1.165) is 19.1 Å². The van der Waals surface area contributed by atoms with Crippen LogP contribution >= 0.6 is 0 Å². The number of Topliss-reactive ketones (excluding diaryl/α,β-unsaturated/α-hetero) is 1. The number of benzene rings is 1. The van der Waals surface area contributed by atoms with E-state index >= 15 is 0 Å². The number of rotatable bonds is 11. The highest BCUT2D eigenvalue weighted by Gasteiger charge is 2.35. The van der Waals surface area contributed by atoms with Crippen molar-refractivity contribution in [3.8, 4) is 0 Å². The molecular formula is C21H32N2O6S. The van der Waals surface area contributed by atoms with E-state index in [1.165, 1.54) is 24.3 Å². The summed E-state index contributed by atoms with van der Waals surface area (Å²) in [6.07, 6.45) is 3.35. The van der Waals surface area contributed by atoms with Crippen LogP contribution in [0, 0.1) is 11.3 Å². The third-order valence-corrected chi connectivity index (χ3v) is 5.92. The first-order valence-corrected chi connectivity index (χ1v) is 11.8. The summed E-state index contributed by atoms with van der Waals surface area (Å²) in [5.74, 6) is -1.43. The van der Waals surface area contributed by atoms with Crippen molar-refractivity contribution in [2.45, 2.75) is 57.9 Å². The molecule has 0 saturated heterocycles. The largest absolute Gasteiger partial charge is 0.345 e. The second-order valence-corrected chi connectivity index (χ2v) is 10.6. The van der Waals surface area contributed by atoms with E-state index in [1.807, 2.05) is 27.7 Å². The summed E-state index contributed by atoms with van der Waals surface area (Å²) in [5, 5.41) is 12.7. The van der Waals surface area contributed by atoms with Crippen molar-refractivity contribution in [1.29, 1.82) is 0 Å². The van der Waals surface area contributed by atoms with Crippen molar-refractivity contribution >= 4 is 27.9 Å². The molecule has 0 aliphatic rings. The van der Waals surface area contributed by atoms with E-state index in [-0.39, 0.29) is 29.2 Å². The van der Waals surface area contributed by atoms with Gasteiger partial charge in [0.2, 0.25) is 12.3 Å². The fourth-order valence-electron chi connectivity index (χ4n) is 2.99. The fourth-order valence-corrected chi connectivity index (χ4v) is 3.62. The molecule has 1 rings (SSSR count). The lowest BCUT2D eigenvalue weighted by molar-refractivity contribution is -0.154. The molecule has 0 radical (unpaired) electrons. The van der Waals surface area contributed by atoms with Gasteiger partial charge in [0.25, 0.3) is 0 Å². The number of hydroxylamine groups is 2. The molecule has 1 aromatic rings. The number of unbranched alkanes of at least 4 members (excludes halogenated alkanes) is 1. The van der Waals surface area contributed by atoms with Gasteiger partial charge in [0.1, 0.15) is 0 Å². The number of hydrogen-bond acceptors (Lipinski definition) is 6. The zero-order chi connectivity index (χ0) is 23.1. The van der Waals surface area contributed by atoms with Gasteiger partial charge in [-0.05, 0) is 24.0 Å². The highest BCUT2D eigenvalue weighted by molar-refractivity contribution is 7.90. The molecule has 8 nitrogen and oxygen atoms in total. The Morgan fingerprint density at radius 2 is 1.77 bits per heavy atom. The molecule has 2 atom stereocenters. The van der Waals surface area contributed by atoms with E-state index in [1.54, 1.807) is 0 Å². The number of nitrogens with zero attached hydrogens (tertiary/aromatic N) is 1. The zero-order valence-electron chi connectivity index (χ0n) is 18.2. The molecule has 0 saturated carbocycles. The molecule has 0 spiro atoms. The number of sulfone groups is 1. The summed E-state index contributed by atoms with van der Waals surface area (Å²) in [5.41, 5.74) is -0.342.